The maximum absolute atomic E-state index is 5.58. The van der Waals surface area contributed by atoms with Gasteiger partial charge in [0, 0.05) is 12.1 Å². The molecule has 56 valence electrons. The van der Waals surface area contributed by atoms with E-state index in [0.717, 1.165) is 19.4 Å². The third-order valence-corrected chi connectivity index (χ3v) is 2.27. The summed E-state index contributed by atoms with van der Waals surface area (Å²) in [4.78, 5) is 0. The number of rotatable bonds is 4. The molecule has 0 atom stereocenters. The summed E-state index contributed by atoms with van der Waals surface area (Å²) < 4.78 is 0. The Balaban J connectivity index is 3.82. The first-order valence-electron chi connectivity index (χ1n) is 3.63. The molecule has 0 aromatic rings. The normalized spacial score (nSPS) is 12.0. The highest BCUT2D eigenvalue weighted by atomic mass is 15.0. The second-order valence-electron chi connectivity index (χ2n) is 2.44. The second-order valence-corrected chi connectivity index (χ2v) is 2.44. The molecular weight excluding hydrogens is 112 g/mol. The van der Waals surface area contributed by atoms with E-state index >= 15 is 0 Å². The average Bonchev–Trinajstić information content (AvgIpc) is 1.95. The fourth-order valence-electron chi connectivity index (χ4n) is 0.994. The number of nitrogens with one attached hydrogen (secondary N) is 1. The number of likely N-dealkylation sites (N-methyl/N-ethyl adjacent to an activating group) is 1. The van der Waals surface area contributed by atoms with Gasteiger partial charge in [0.15, 0.2) is 0 Å². The van der Waals surface area contributed by atoms with Crippen molar-refractivity contribution in [3.63, 3.8) is 0 Å². The quantitative estimate of drug-likeness (QED) is 0.588. The molecule has 0 unspecified atom stereocenters. The molecule has 0 rings (SSSR count). The zero-order valence-electron chi connectivity index (χ0n) is 6.70. The Kier molecular flexibility index (Phi) is 3.82. The molecule has 0 bridgehead atoms. The highest BCUT2D eigenvalue weighted by Gasteiger charge is 2.20. The fraction of sp³-hybridized carbons (Fsp3) is 1.00. The van der Waals surface area contributed by atoms with Crippen molar-refractivity contribution < 1.29 is 0 Å². The molecule has 2 nitrogen and oxygen atoms in total. The van der Waals surface area contributed by atoms with Crippen LogP contribution in [0.4, 0.5) is 0 Å². The Hall–Kier alpha value is -0.0800. The van der Waals surface area contributed by atoms with Gasteiger partial charge in [0.1, 0.15) is 0 Å². The summed E-state index contributed by atoms with van der Waals surface area (Å²) in [5.41, 5.74) is 5.77. The number of hydrogen-bond acceptors (Lipinski definition) is 2. The monoisotopic (exact) mass is 130 g/mol. The van der Waals surface area contributed by atoms with Crippen LogP contribution in [-0.2, 0) is 0 Å². The maximum Gasteiger partial charge on any atom is 0.0296 e. The molecular formula is C7H18N2. The SMILES string of the molecule is CCC(CC)(CN)NC. The molecule has 0 heterocycles. The first kappa shape index (κ1) is 8.92. The molecule has 0 radical (unpaired) electrons. The van der Waals surface area contributed by atoms with Gasteiger partial charge in [-0.15, -0.1) is 0 Å². The van der Waals surface area contributed by atoms with Crippen LogP contribution in [-0.4, -0.2) is 19.1 Å². The highest BCUT2D eigenvalue weighted by molar-refractivity contribution is 4.84. The van der Waals surface area contributed by atoms with Crippen LogP contribution in [0.25, 0.3) is 0 Å². The van der Waals surface area contributed by atoms with E-state index in [4.69, 9.17) is 5.73 Å². The molecule has 0 spiro atoms. The van der Waals surface area contributed by atoms with Crippen LogP contribution in [0.1, 0.15) is 26.7 Å². The average molecular weight is 130 g/mol. The van der Waals surface area contributed by atoms with Gasteiger partial charge in [0.25, 0.3) is 0 Å². The molecule has 0 aromatic carbocycles. The minimum Gasteiger partial charge on any atom is -0.329 e. The van der Waals surface area contributed by atoms with Crippen molar-refractivity contribution >= 4 is 0 Å². The molecule has 2 heteroatoms. The van der Waals surface area contributed by atoms with Gasteiger partial charge < -0.3 is 11.1 Å². The Labute approximate surface area is 57.8 Å². The van der Waals surface area contributed by atoms with Gasteiger partial charge in [-0.2, -0.15) is 0 Å². The summed E-state index contributed by atoms with van der Waals surface area (Å²) in [5, 5.41) is 3.24. The Bertz CT molecular complexity index is 49.8. The maximum atomic E-state index is 5.58. The summed E-state index contributed by atoms with van der Waals surface area (Å²) in [6.45, 7) is 5.05. The van der Waals surface area contributed by atoms with Crippen molar-refractivity contribution in [3.8, 4) is 0 Å². The van der Waals surface area contributed by atoms with Crippen LogP contribution < -0.4 is 11.1 Å². The third kappa shape index (κ3) is 1.95. The zero-order chi connectivity index (χ0) is 7.33. The van der Waals surface area contributed by atoms with Gasteiger partial charge in [-0.3, -0.25) is 0 Å². The molecule has 0 aliphatic carbocycles. The lowest BCUT2D eigenvalue weighted by atomic mass is 9.93. The van der Waals surface area contributed by atoms with Crippen LogP contribution in [0.5, 0.6) is 0 Å². The van der Waals surface area contributed by atoms with Gasteiger partial charge in [0.05, 0.1) is 0 Å². The molecule has 0 amide bonds. The molecule has 3 N–H and O–H groups in total. The van der Waals surface area contributed by atoms with E-state index in [2.05, 4.69) is 19.2 Å². The fourth-order valence-corrected chi connectivity index (χ4v) is 0.994. The molecule has 0 saturated carbocycles. The predicted molar refractivity (Wildman–Crippen MR) is 41.4 cm³/mol. The van der Waals surface area contributed by atoms with Gasteiger partial charge in [-0.1, -0.05) is 13.8 Å². The topological polar surface area (TPSA) is 38.0 Å². The predicted octanol–water partition coefficient (Wildman–Crippen LogP) is 0.723. The highest BCUT2D eigenvalue weighted by Crippen LogP contribution is 2.11. The standard InChI is InChI=1S/C7H18N2/c1-4-7(5-2,6-8)9-3/h9H,4-6,8H2,1-3H3. The van der Waals surface area contributed by atoms with Crippen LogP contribution in [0.15, 0.2) is 0 Å². The summed E-state index contributed by atoms with van der Waals surface area (Å²) in [6.07, 6.45) is 2.22. The van der Waals surface area contributed by atoms with Crippen LogP contribution in [0.2, 0.25) is 0 Å². The third-order valence-electron chi connectivity index (χ3n) is 2.27. The lowest BCUT2D eigenvalue weighted by Crippen LogP contribution is -2.48. The van der Waals surface area contributed by atoms with E-state index in [1.54, 1.807) is 0 Å². The summed E-state index contributed by atoms with van der Waals surface area (Å²) >= 11 is 0. The smallest absolute Gasteiger partial charge is 0.0296 e. The van der Waals surface area contributed by atoms with Gasteiger partial charge in [0.2, 0.25) is 0 Å². The molecule has 0 aromatic heterocycles. The Morgan fingerprint density at radius 3 is 1.78 bits per heavy atom. The lowest BCUT2D eigenvalue weighted by molar-refractivity contribution is 0.335. The van der Waals surface area contributed by atoms with E-state index in [0.29, 0.717) is 0 Å². The summed E-state index contributed by atoms with van der Waals surface area (Å²) in [7, 11) is 1.97. The Morgan fingerprint density at radius 1 is 1.33 bits per heavy atom. The van der Waals surface area contributed by atoms with Crippen molar-refractivity contribution in [2.45, 2.75) is 32.2 Å². The second kappa shape index (κ2) is 3.85. The van der Waals surface area contributed by atoms with E-state index in [-0.39, 0.29) is 5.54 Å². The van der Waals surface area contributed by atoms with Crippen LogP contribution in [0.3, 0.4) is 0 Å². The van der Waals surface area contributed by atoms with E-state index < -0.39 is 0 Å². The largest absolute Gasteiger partial charge is 0.329 e. The van der Waals surface area contributed by atoms with Crippen molar-refractivity contribution in [2.24, 2.45) is 5.73 Å². The molecule has 9 heavy (non-hydrogen) atoms. The number of hydrogen-bond donors (Lipinski definition) is 2. The van der Waals surface area contributed by atoms with Crippen LogP contribution in [0, 0.1) is 0 Å². The van der Waals surface area contributed by atoms with Crippen molar-refractivity contribution in [1.82, 2.24) is 5.32 Å². The van der Waals surface area contributed by atoms with Crippen molar-refractivity contribution in [1.29, 1.82) is 0 Å². The number of nitrogens with two attached hydrogens (primary N) is 1. The van der Waals surface area contributed by atoms with Crippen molar-refractivity contribution in [3.05, 3.63) is 0 Å². The summed E-state index contributed by atoms with van der Waals surface area (Å²) in [5.74, 6) is 0. The zero-order valence-corrected chi connectivity index (χ0v) is 6.70. The minimum absolute atomic E-state index is 0.194. The van der Waals surface area contributed by atoms with E-state index in [9.17, 15) is 0 Å². The van der Waals surface area contributed by atoms with Gasteiger partial charge >= 0.3 is 0 Å². The molecule has 0 aliphatic heterocycles. The van der Waals surface area contributed by atoms with Crippen LogP contribution >= 0.6 is 0 Å². The minimum atomic E-state index is 0.194. The van der Waals surface area contributed by atoms with E-state index in [1.807, 2.05) is 7.05 Å². The molecule has 0 fully saturated rings. The molecule has 0 saturated heterocycles. The van der Waals surface area contributed by atoms with Gasteiger partial charge in [-0.25, -0.2) is 0 Å². The van der Waals surface area contributed by atoms with Gasteiger partial charge in [-0.05, 0) is 19.9 Å². The molecule has 0 aliphatic rings. The first-order valence-corrected chi connectivity index (χ1v) is 3.63. The van der Waals surface area contributed by atoms with E-state index in [1.165, 1.54) is 0 Å². The first-order chi connectivity index (χ1) is 4.24. The Morgan fingerprint density at radius 2 is 1.78 bits per heavy atom. The summed E-state index contributed by atoms with van der Waals surface area (Å²) in [6, 6.07) is 0. The lowest BCUT2D eigenvalue weighted by Gasteiger charge is -2.29. The van der Waals surface area contributed by atoms with Crippen molar-refractivity contribution in [2.75, 3.05) is 13.6 Å².